The molecule has 0 bridgehead atoms. The van der Waals surface area contributed by atoms with Gasteiger partial charge in [-0.1, -0.05) is 0 Å². The number of carboxylic acids is 1. The fraction of sp³-hybridized carbons (Fsp3) is 0.667. The van der Waals surface area contributed by atoms with Gasteiger partial charge >= 0.3 is 42.0 Å². The van der Waals surface area contributed by atoms with E-state index in [0.717, 1.165) is 0 Å². The molecule has 0 unspecified atom stereocenters. The molecule has 146 valence electrons. The van der Waals surface area contributed by atoms with E-state index in [1.165, 1.54) is 0 Å². The van der Waals surface area contributed by atoms with Crippen LogP contribution >= 0.6 is 0 Å². The Morgan fingerprint density at radius 3 is 1.28 bits per heavy atom. The van der Waals surface area contributed by atoms with E-state index < -0.39 is 53.6 Å². The van der Waals surface area contributed by atoms with Crippen LogP contribution in [0.25, 0.3) is 0 Å². The molecule has 0 aromatic rings. The molecule has 0 rings (SSSR count). The largest absolute Gasteiger partial charge is 0.477 e. The lowest BCUT2D eigenvalue weighted by Gasteiger charge is -2.33. The van der Waals surface area contributed by atoms with Gasteiger partial charge in [-0.25, -0.2) is 13.6 Å². The molecule has 0 aromatic heterocycles. The molecule has 0 aliphatic heterocycles. The second-order valence-electron chi connectivity index (χ2n) is 4.17. The summed E-state index contributed by atoms with van der Waals surface area (Å²) in [6.45, 7) is 0. The average molecular weight is 402 g/mol. The van der Waals surface area contributed by atoms with Crippen LogP contribution in [0.3, 0.4) is 0 Å². The Morgan fingerprint density at radius 1 is 0.640 bits per heavy atom. The number of rotatable bonds is 8. The van der Waals surface area contributed by atoms with Crippen LogP contribution < -0.4 is 0 Å². The van der Waals surface area contributed by atoms with Gasteiger partial charge in [-0.05, 0) is 0 Å². The van der Waals surface area contributed by atoms with Gasteiger partial charge in [0.05, 0.1) is 0 Å². The number of alkyl halides is 12. The van der Waals surface area contributed by atoms with E-state index in [1.54, 1.807) is 0 Å². The molecule has 0 heterocycles. The normalized spacial score (nSPS) is 14.6. The zero-order chi connectivity index (χ0) is 20.8. The fourth-order valence-corrected chi connectivity index (χ4v) is 1.11. The van der Waals surface area contributed by atoms with Crippen LogP contribution in [0.5, 0.6) is 0 Å². The number of hydrogen-bond acceptors (Lipinski definition) is 3. The first-order chi connectivity index (χ1) is 10.7. The summed E-state index contributed by atoms with van der Waals surface area (Å²) in [5, 5.41) is 7.70. The van der Waals surface area contributed by atoms with Crippen molar-refractivity contribution in [1.29, 1.82) is 0 Å². The zero-order valence-electron chi connectivity index (χ0n) is 10.8. The number of aliphatic carboxylic acids is 1. The van der Waals surface area contributed by atoms with Crippen LogP contribution in [-0.2, 0) is 14.4 Å². The molecular formula is C9H2F12O4. The first-order valence-electron chi connectivity index (χ1n) is 5.20. The molecule has 0 amide bonds. The minimum absolute atomic E-state index is 3.97. The molecule has 25 heavy (non-hydrogen) atoms. The van der Waals surface area contributed by atoms with Gasteiger partial charge < -0.3 is 5.11 Å². The molecule has 0 atom stereocenters. The number of carboxylic acid groups (broad SMARTS) is 1. The van der Waals surface area contributed by atoms with Crippen LogP contribution in [0.15, 0.2) is 0 Å². The van der Waals surface area contributed by atoms with E-state index in [1.807, 2.05) is 0 Å². The van der Waals surface area contributed by atoms with E-state index >= 15 is 0 Å². The predicted octanol–water partition coefficient (Wildman–Crippen LogP) is 2.65. The Bertz CT molecular complexity index is 581. The third-order valence-corrected chi connectivity index (χ3v) is 2.53. The average Bonchev–Trinajstić information content (AvgIpc) is 2.44. The number of Topliss-reactive ketones (excluding diaryl/α,β-unsaturated/α-hetero) is 2. The van der Waals surface area contributed by atoms with Crippen molar-refractivity contribution in [2.45, 2.75) is 36.0 Å². The van der Waals surface area contributed by atoms with Gasteiger partial charge in [-0.3, -0.25) is 9.59 Å². The molecule has 0 aromatic carbocycles. The molecule has 0 saturated heterocycles. The molecule has 0 aliphatic carbocycles. The number of carbonyl (C=O) groups excluding carboxylic acids is 2. The summed E-state index contributed by atoms with van der Waals surface area (Å²) in [4.78, 5) is 30.6. The highest BCUT2D eigenvalue weighted by Gasteiger charge is 2.84. The Balaban J connectivity index is 6.26. The van der Waals surface area contributed by atoms with Crippen molar-refractivity contribution < 1.29 is 72.2 Å². The Labute approximate surface area is 127 Å². The zero-order valence-corrected chi connectivity index (χ0v) is 10.8. The van der Waals surface area contributed by atoms with Gasteiger partial charge in [0.25, 0.3) is 11.6 Å². The second-order valence-corrected chi connectivity index (χ2v) is 4.17. The maximum Gasteiger partial charge on any atom is 0.411 e. The summed E-state index contributed by atoms with van der Waals surface area (Å²) in [6, 6.07) is 0. The van der Waals surface area contributed by atoms with Crippen molar-refractivity contribution in [2.75, 3.05) is 0 Å². The summed E-state index contributed by atoms with van der Waals surface area (Å²) in [7, 11) is 0. The van der Waals surface area contributed by atoms with Gasteiger partial charge in [0.15, 0.2) is 0 Å². The lowest BCUT2D eigenvalue weighted by Crippen LogP contribution is -2.67. The molecule has 16 heteroatoms. The van der Waals surface area contributed by atoms with E-state index in [4.69, 9.17) is 5.11 Å². The molecule has 0 fully saturated rings. The third kappa shape index (κ3) is 3.12. The van der Waals surface area contributed by atoms with Crippen molar-refractivity contribution in [3.8, 4) is 0 Å². The van der Waals surface area contributed by atoms with Crippen molar-refractivity contribution in [2.24, 2.45) is 0 Å². The second kappa shape index (κ2) is 6.05. The molecule has 0 radical (unpaired) electrons. The van der Waals surface area contributed by atoms with Gasteiger partial charge in [0, 0.05) is 0 Å². The van der Waals surface area contributed by atoms with Crippen LogP contribution in [0.4, 0.5) is 52.7 Å². The first-order valence-corrected chi connectivity index (χ1v) is 5.20. The van der Waals surface area contributed by atoms with Gasteiger partial charge in [-0.2, -0.15) is 43.9 Å². The van der Waals surface area contributed by atoms with Crippen LogP contribution in [-0.4, -0.2) is 58.7 Å². The highest BCUT2D eigenvalue weighted by atomic mass is 19.4. The fourth-order valence-electron chi connectivity index (χ4n) is 1.11. The van der Waals surface area contributed by atoms with Crippen molar-refractivity contribution >= 4 is 17.5 Å². The molecule has 0 aliphatic rings. The van der Waals surface area contributed by atoms with Gasteiger partial charge in [0.2, 0.25) is 0 Å². The Hall–Kier alpha value is -2.03. The summed E-state index contributed by atoms with van der Waals surface area (Å²) >= 11 is 0. The maximum absolute atomic E-state index is 13.0. The van der Waals surface area contributed by atoms with E-state index in [9.17, 15) is 67.1 Å². The standard InChI is InChI=1S/C9H2F12O4/c10-2(11)1(22)5(12,13)9(20,21)7(16,17)3(23)6(14,15)8(18,19)4(24)25/h2H,(H,24,25). The van der Waals surface area contributed by atoms with Crippen molar-refractivity contribution in [3.63, 3.8) is 0 Å². The monoisotopic (exact) mass is 402 g/mol. The summed E-state index contributed by atoms with van der Waals surface area (Å²) in [6.07, 6.45) is -5.03. The topological polar surface area (TPSA) is 71.4 Å². The molecule has 4 nitrogen and oxygen atoms in total. The number of halogens is 12. The van der Waals surface area contributed by atoms with Crippen LogP contribution in [0.2, 0.25) is 0 Å². The molecule has 0 spiro atoms. The molecule has 0 saturated carbocycles. The van der Waals surface area contributed by atoms with Crippen molar-refractivity contribution in [1.82, 2.24) is 0 Å². The first kappa shape index (κ1) is 23.0. The van der Waals surface area contributed by atoms with E-state index in [0.29, 0.717) is 0 Å². The SMILES string of the molecule is O=C(O)C(F)(F)C(F)(F)C(=O)C(F)(F)C(F)(F)C(F)(F)C(=O)C(F)F. The quantitative estimate of drug-likeness (QED) is 0.634. The predicted molar refractivity (Wildman–Crippen MR) is 48.4 cm³/mol. The lowest BCUT2D eigenvalue weighted by atomic mass is 9.92. The highest BCUT2D eigenvalue weighted by Crippen LogP contribution is 2.51. The Kier molecular flexibility index (Phi) is 5.56. The van der Waals surface area contributed by atoms with Crippen molar-refractivity contribution in [3.05, 3.63) is 0 Å². The highest BCUT2D eigenvalue weighted by molar-refractivity contribution is 6.00. The molecular weight excluding hydrogens is 400 g/mol. The van der Waals surface area contributed by atoms with Gasteiger partial charge in [-0.15, -0.1) is 0 Å². The lowest BCUT2D eigenvalue weighted by molar-refractivity contribution is -0.300. The van der Waals surface area contributed by atoms with E-state index in [-0.39, 0.29) is 0 Å². The maximum atomic E-state index is 13.0. The summed E-state index contributed by atoms with van der Waals surface area (Å²) < 4.78 is 152. The third-order valence-electron chi connectivity index (χ3n) is 2.53. The van der Waals surface area contributed by atoms with E-state index in [2.05, 4.69) is 0 Å². The smallest absolute Gasteiger partial charge is 0.411 e. The number of hydrogen-bond donors (Lipinski definition) is 1. The minimum atomic E-state index is -7.62. The summed E-state index contributed by atoms with van der Waals surface area (Å²) in [5.74, 6) is -49.5. The van der Waals surface area contributed by atoms with Crippen LogP contribution in [0.1, 0.15) is 0 Å². The van der Waals surface area contributed by atoms with Crippen LogP contribution in [0, 0.1) is 0 Å². The summed E-state index contributed by atoms with van der Waals surface area (Å²) in [5.41, 5.74) is 0. The molecule has 1 N–H and O–H groups in total. The van der Waals surface area contributed by atoms with Gasteiger partial charge in [0.1, 0.15) is 0 Å². The number of carbonyl (C=O) groups is 3. The Morgan fingerprint density at radius 2 is 1.00 bits per heavy atom. The number of ketones is 2. The minimum Gasteiger partial charge on any atom is -0.477 e.